The molecule has 2 aromatic carbocycles. The lowest BCUT2D eigenvalue weighted by atomic mass is 10.2. The van der Waals surface area contributed by atoms with E-state index < -0.39 is 26.6 Å². The Balaban J connectivity index is 1.85. The fourth-order valence-electron chi connectivity index (χ4n) is 2.01. The Morgan fingerprint density at radius 1 is 0.875 bits per heavy atom. The van der Waals surface area contributed by atoms with Crippen molar-refractivity contribution in [3.8, 4) is 11.4 Å². The van der Waals surface area contributed by atoms with Crippen LogP contribution in [-0.2, 0) is 10.0 Å². The molecule has 1 heterocycles. The van der Waals surface area contributed by atoms with Gasteiger partial charge in [0.2, 0.25) is 0 Å². The van der Waals surface area contributed by atoms with Crippen molar-refractivity contribution >= 4 is 15.7 Å². The Hall–Kier alpha value is -2.87. The lowest BCUT2D eigenvalue weighted by Gasteiger charge is -2.08. The van der Waals surface area contributed by atoms with E-state index in [1.54, 1.807) is 0 Å². The highest BCUT2D eigenvalue weighted by Crippen LogP contribution is 2.19. The molecule has 0 saturated carbocycles. The molecular weight excluding hydrogens is 336 g/mol. The van der Waals surface area contributed by atoms with E-state index in [9.17, 15) is 17.2 Å². The molecule has 0 atom stereocenters. The molecule has 0 aliphatic rings. The molecular formula is C16H11F2N3O2S. The van der Waals surface area contributed by atoms with Gasteiger partial charge < -0.3 is 0 Å². The molecule has 122 valence electrons. The van der Waals surface area contributed by atoms with E-state index in [4.69, 9.17) is 0 Å². The van der Waals surface area contributed by atoms with Crippen LogP contribution in [0.25, 0.3) is 11.4 Å². The van der Waals surface area contributed by atoms with Gasteiger partial charge in [-0.1, -0.05) is 30.3 Å². The lowest BCUT2D eigenvalue weighted by molar-refractivity contribution is 0.568. The predicted octanol–water partition coefficient (Wildman–Crippen LogP) is 3.22. The van der Waals surface area contributed by atoms with Crippen molar-refractivity contribution in [2.75, 3.05) is 4.72 Å². The quantitative estimate of drug-likeness (QED) is 0.786. The topological polar surface area (TPSA) is 72.0 Å². The zero-order valence-corrected chi connectivity index (χ0v) is 13.0. The average Bonchev–Trinajstić information content (AvgIpc) is 2.55. The Morgan fingerprint density at radius 3 is 2.04 bits per heavy atom. The Kier molecular flexibility index (Phi) is 4.22. The monoisotopic (exact) mass is 347 g/mol. The van der Waals surface area contributed by atoms with Crippen LogP contribution in [0, 0.1) is 11.6 Å². The van der Waals surface area contributed by atoms with Crippen molar-refractivity contribution in [2.24, 2.45) is 0 Å². The minimum absolute atomic E-state index is 0.0827. The van der Waals surface area contributed by atoms with Crippen LogP contribution in [0.3, 0.4) is 0 Å². The summed E-state index contributed by atoms with van der Waals surface area (Å²) in [5, 5.41) is 0. The van der Waals surface area contributed by atoms with Crippen molar-refractivity contribution in [3.05, 3.63) is 72.6 Å². The smallest absolute Gasteiger partial charge is 0.262 e. The van der Waals surface area contributed by atoms with Gasteiger partial charge in [-0.05, 0) is 12.1 Å². The van der Waals surface area contributed by atoms with Crippen LogP contribution in [0.2, 0.25) is 0 Å². The van der Waals surface area contributed by atoms with Crippen LogP contribution in [0.5, 0.6) is 0 Å². The van der Waals surface area contributed by atoms with Gasteiger partial charge in [-0.2, -0.15) is 0 Å². The third-order valence-electron chi connectivity index (χ3n) is 3.08. The number of nitrogens with one attached hydrogen (secondary N) is 1. The van der Waals surface area contributed by atoms with Gasteiger partial charge in [-0.15, -0.1) is 0 Å². The Morgan fingerprint density at radius 2 is 1.46 bits per heavy atom. The minimum Gasteiger partial charge on any atom is -0.276 e. The summed E-state index contributed by atoms with van der Waals surface area (Å²) in [6.45, 7) is 0. The first-order valence-electron chi connectivity index (χ1n) is 6.80. The van der Waals surface area contributed by atoms with Crippen LogP contribution >= 0.6 is 0 Å². The molecule has 8 heteroatoms. The summed E-state index contributed by atoms with van der Waals surface area (Å²) in [6.07, 6.45) is 2.56. The molecule has 0 bridgehead atoms. The van der Waals surface area contributed by atoms with Crippen molar-refractivity contribution in [1.82, 2.24) is 9.97 Å². The standard InChI is InChI=1S/C16H11F2N3O2S/c17-12-6-13(18)8-15(7-12)24(22,23)21-14-9-19-16(20-10-14)11-4-2-1-3-5-11/h1-10,21H. The van der Waals surface area contributed by atoms with Gasteiger partial charge in [0.25, 0.3) is 10.0 Å². The Labute approximate surface area is 137 Å². The van der Waals surface area contributed by atoms with Crippen LogP contribution in [-0.4, -0.2) is 18.4 Å². The molecule has 1 aromatic heterocycles. The van der Waals surface area contributed by atoms with Gasteiger partial charge in [0.05, 0.1) is 23.0 Å². The molecule has 3 aromatic rings. The summed E-state index contributed by atoms with van der Waals surface area (Å²) in [4.78, 5) is 7.63. The second-order valence-corrected chi connectivity index (χ2v) is 6.55. The van der Waals surface area contributed by atoms with Crippen molar-refractivity contribution < 1.29 is 17.2 Å². The molecule has 0 unspecified atom stereocenters. The van der Waals surface area contributed by atoms with E-state index in [2.05, 4.69) is 14.7 Å². The van der Waals surface area contributed by atoms with Crippen LogP contribution in [0.4, 0.5) is 14.5 Å². The average molecular weight is 347 g/mol. The first kappa shape index (κ1) is 16.0. The molecule has 0 aliphatic carbocycles. The van der Waals surface area contributed by atoms with Gasteiger partial charge >= 0.3 is 0 Å². The maximum atomic E-state index is 13.2. The highest BCUT2D eigenvalue weighted by molar-refractivity contribution is 7.92. The van der Waals surface area contributed by atoms with Crippen LogP contribution < -0.4 is 4.72 Å². The van der Waals surface area contributed by atoms with Gasteiger partial charge in [-0.25, -0.2) is 27.2 Å². The number of hydrogen-bond donors (Lipinski definition) is 1. The fraction of sp³-hybridized carbons (Fsp3) is 0. The fourth-order valence-corrected chi connectivity index (χ4v) is 3.08. The normalized spacial score (nSPS) is 11.2. The van der Waals surface area contributed by atoms with E-state index in [0.29, 0.717) is 11.9 Å². The van der Waals surface area contributed by atoms with E-state index in [0.717, 1.165) is 17.7 Å². The summed E-state index contributed by atoms with van der Waals surface area (Å²) in [6, 6.07) is 11.2. The zero-order chi connectivity index (χ0) is 17.2. The summed E-state index contributed by atoms with van der Waals surface area (Å²) in [5.41, 5.74) is 0.860. The SMILES string of the molecule is O=S(=O)(Nc1cnc(-c2ccccc2)nc1)c1cc(F)cc(F)c1. The third kappa shape index (κ3) is 3.54. The largest absolute Gasteiger partial charge is 0.276 e. The number of aromatic nitrogens is 2. The summed E-state index contributed by atoms with van der Waals surface area (Å²) >= 11 is 0. The summed E-state index contributed by atoms with van der Waals surface area (Å²) in [5.74, 6) is -1.53. The highest BCUT2D eigenvalue weighted by atomic mass is 32.2. The van der Waals surface area contributed by atoms with E-state index in [1.807, 2.05) is 30.3 Å². The summed E-state index contributed by atoms with van der Waals surface area (Å²) < 4.78 is 52.9. The van der Waals surface area contributed by atoms with E-state index in [1.165, 1.54) is 12.4 Å². The van der Waals surface area contributed by atoms with Crippen molar-refractivity contribution in [3.63, 3.8) is 0 Å². The maximum Gasteiger partial charge on any atom is 0.262 e. The molecule has 0 aliphatic heterocycles. The van der Waals surface area contributed by atoms with Gasteiger partial charge in [-0.3, -0.25) is 4.72 Å². The zero-order valence-electron chi connectivity index (χ0n) is 12.1. The van der Waals surface area contributed by atoms with Gasteiger partial charge in [0.1, 0.15) is 11.6 Å². The number of anilines is 1. The van der Waals surface area contributed by atoms with Gasteiger partial charge in [0, 0.05) is 11.6 Å². The summed E-state index contributed by atoms with van der Waals surface area (Å²) in [7, 11) is -4.15. The number of halogens is 2. The van der Waals surface area contributed by atoms with Gasteiger partial charge in [0.15, 0.2) is 5.82 Å². The van der Waals surface area contributed by atoms with Crippen molar-refractivity contribution in [1.29, 1.82) is 0 Å². The number of sulfonamides is 1. The molecule has 0 spiro atoms. The molecule has 0 saturated heterocycles. The molecule has 1 N–H and O–H groups in total. The molecule has 5 nitrogen and oxygen atoms in total. The molecule has 0 fully saturated rings. The van der Waals surface area contributed by atoms with Crippen molar-refractivity contribution in [2.45, 2.75) is 4.90 Å². The second-order valence-electron chi connectivity index (χ2n) is 4.87. The Bertz CT molecular complexity index is 942. The third-order valence-corrected chi connectivity index (χ3v) is 4.44. The first-order chi connectivity index (χ1) is 11.4. The van der Waals surface area contributed by atoms with Crippen LogP contribution in [0.1, 0.15) is 0 Å². The van der Waals surface area contributed by atoms with Crippen LogP contribution in [0.15, 0.2) is 65.8 Å². The number of rotatable bonds is 4. The highest BCUT2D eigenvalue weighted by Gasteiger charge is 2.17. The molecule has 0 radical (unpaired) electrons. The predicted molar refractivity (Wildman–Crippen MR) is 84.6 cm³/mol. The van der Waals surface area contributed by atoms with E-state index in [-0.39, 0.29) is 5.69 Å². The molecule has 3 rings (SSSR count). The van der Waals surface area contributed by atoms with E-state index >= 15 is 0 Å². The number of hydrogen-bond acceptors (Lipinski definition) is 4. The molecule has 24 heavy (non-hydrogen) atoms. The first-order valence-corrected chi connectivity index (χ1v) is 8.29. The number of nitrogens with zero attached hydrogens (tertiary/aromatic N) is 2. The molecule has 0 amide bonds. The number of benzene rings is 2. The second kappa shape index (κ2) is 6.32. The minimum atomic E-state index is -4.15. The maximum absolute atomic E-state index is 13.2. The lowest BCUT2D eigenvalue weighted by Crippen LogP contribution is -2.14.